The highest BCUT2D eigenvalue weighted by Gasteiger charge is 2.05. The molecule has 0 aliphatic carbocycles. The van der Waals surface area contributed by atoms with E-state index in [9.17, 15) is 0 Å². The first-order valence-electron chi connectivity index (χ1n) is 8.28. The number of fused-ring (bicyclic) bond motifs is 1. The van der Waals surface area contributed by atoms with E-state index in [4.69, 9.17) is 10.2 Å². The average molecular weight is 335 g/mol. The summed E-state index contributed by atoms with van der Waals surface area (Å²) >= 11 is 0. The second kappa shape index (κ2) is 8.37. The van der Waals surface area contributed by atoms with Crippen molar-refractivity contribution >= 4 is 27.8 Å². The summed E-state index contributed by atoms with van der Waals surface area (Å²) in [6.45, 7) is 1.06. The Morgan fingerprint density at radius 2 is 1.40 bits per heavy atom. The van der Waals surface area contributed by atoms with Gasteiger partial charge in [-0.3, -0.25) is 0 Å². The molecule has 0 atom stereocenters. The number of azo groups is 1. The second-order valence-corrected chi connectivity index (χ2v) is 5.65. The predicted molar refractivity (Wildman–Crippen MR) is 101 cm³/mol. The van der Waals surface area contributed by atoms with Crippen molar-refractivity contribution in [1.29, 1.82) is 0 Å². The molecule has 0 unspecified atom stereocenters. The lowest BCUT2D eigenvalue weighted by Crippen LogP contribution is -2.29. The van der Waals surface area contributed by atoms with Crippen LogP contribution in [0.1, 0.15) is 0 Å². The van der Waals surface area contributed by atoms with Gasteiger partial charge < -0.3 is 15.1 Å². The molecule has 0 bridgehead atoms. The predicted octanol–water partition coefficient (Wildman–Crippen LogP) is 4.05. The zero-order valence-electron chi connectivity index (χ0n) is 13.9. The van der Waals surface area contributed by atoms with Crippen molar-refractivity contribution in [3.8, 4) is 0 Å². The number of hydrogen-bond acceptors (Lipinski definition) is 5. The van der Waals surface area contributed by atoms with Gasteiger partial charge in [-0.25, -0.2) is 0 Å². The Morgan fingerprint density at radius 1 is 0.720 bits per heavy atom. The standard InChI is InChI=1S/C20H21N3O2/c24-14-12-23(13-15-25)18-10-8-17(9-11-18)21-22-20-7-3-5-16-4-1-2-6-19(16)20/h1-11,24-25H,12-15H2. The number of nitrogens with zero attached hydrogens (tertiary/aromatic N) is 3. The van der Waals surface area contributed by atoms with Crippen molar-refractivity contribution in [2.45, 2.75) is 0 Å². The topological polar surface area (TPSA) is 68.4 Å². The van der Waals surface area contributed by atoms with E-state index in [1.165, 1.54) is 0 Å². The third kappa shape index (κ3) is 4.21. The van der Waals surface area contributed by atoms with E-state index in [0.717, 1.165) is 27.8 Å². The van der Waals surface area contributed by atoms with Crippen LogP contribution in [0, 0.1) is 0 Å². The Morgan fingerprint density at radius 3 is 2.12 bits per heavy atom. The molecule has 0 aromatic heterocycles. The molecule has 0 saturated carbocycles. The fourth-order valence-electron chi connectivity index (χ4n) is 2.75. The number of aliphatic hydroxyl groups is 2. The smallest absolute Gasteiger partial charge is 0.0935 e. The monoisotopic (exact) mass is 335 g/mol. The van der Waals surface area contributed by atoms with Crippen molar-refractivity contribution in [3.05, 3.63) is 66.7 Å². The molecule has 0 saturated heterocycles. The Hall–Kier alpha value is -2.76. The highest BCUT2D eigenvalue weighted by atomic mass is 16.3. The van der Waals surface area contributed by atoms with Crippen LogP contribution in [0.4, 0.5) is 17.1 Å². The van der Waals surface area contributed by atoms with Gasteiger partial charge >= 0.3 is 0 Å². The Labute approximate surface area is 146 Å². The molecule has 2 N–H and O–H groups in total. The highest BCUT2D eigenvalue weighted by molar-refractivity contribution is 5.92. The first-order chi connectivity index (χ1) is 12.3. The number of hydrogen-bond donors (Lipinski definition) is 2. The van der Waals surface area contributed by atoms with Crippen LogP contribution in [0.15, 0.2) is 77.0 Å². The van der Waals surface area contributed by atoms with Gasteiger partial charge in [0, 0.05) is 24.2 Å². The Balaban J connectivity index is 1.79. The van der Waals surface area contributed by atoms with Gasteiger partial charge in [-0.15, -0.1) is 5.11 Å². The molecule has 5 nitrogen and oxygen atoms in total. The fourth-order valence-corrected chi connectivity index (χ4v) is 2.75. The molecule has 0 heterocycles. The van der Waals surface area contributed by atoms with Gasteiger partial charge in [-0.1, -0.05) is 36.4 Å². The van der Waals surface area contributed by atoms with Gasteiger partial charge in [0.15, 0.2) is 0 Å². The lowest BCUT2D eigenvalue weighted by Gasteiger charge is -2.22. The Kier molecular flexibility index (Phi) is 5.72. The minimum absolute atomic E-state index is 0.0442. The zero-order chi connectivity index (χ0) is 17.5. The third-order valence-corrected chi connectivity index (χ3v) is 3.99. The lowest BCUT2D eigenvalue weighted by molar-refractivity contribution is 0.281. The van der Waals surface area contributed by atoms with E-state index >= 15 is 0 Å². The summed E-state index contributed by atoms with van der Waals surface area (Å²) in [5, 5.41) is 29.2. The van der Waals surface area contributed by atoms with Crippen LogP contribution >= 0.6 is 0 Å². The maximum absolute atomic E-state index is 9.12. The van der Waals surface area contributed by atoms with E-state index in [0.29, 0.717) is 13.1 Å². The number of anilines is 1. The third-order valence-electron chi connectivity index (χ3n) is 3.99. The van der Waals surface area contributed by atoms with Gasteiger partial charge in [0.05, 0.1) is 24.6 Å². The summed E-state index contributed by atoms with van der Waals surface area (Å²) in [5.74, 6) is 0. The summed E-state index contributed by atoms with van der Waals surface area (Å²) in [7, 11) is 0. The normalized spacial score (nSPS) is 11.3. The molecule has 3 rings (SSSR count). The number of rotatable bonds is 7. The molecular weight excluding hydrogens is 314 g/mol. The maximum Gasteiger partial charge on any atom is 0.0935 e. The first-order valence-corrected chi connectivity index (χ1v) is 8.28. The molecule has 0 spiro atoms. The van der Waals surface area contributed by atoms with E-state index < -0.39 is 0 Å². The van der Waals surface area contributed by atoms with Crippen LogP contribution in [0.25, 0.3) is 10.8 Å². The molecule has 0 fully saturated rings. The quantitative estimate of drug-likeness (QED) is 0.640. The molecular formula is C20H21N3O2. The van der Waals surface area contributed by atoms with E-state index in [-0.39, 0.29) is 13.2 Å². The summed E-state index contributed by atoms with van der Waals surface area (Å²) in [5.41, 5.74) is 2.53. The summed E-state index contributed by atoms with van der Waals surface area (Å²) in [6.07, 6.45) is 0. The molecule has 5 heteroatoms. The summed E-state index contributed by atoms with van der Waals surface area (Å²) in [4.78, 5) is 1.92. The molecule has 3 aromatic rings. The van der Waals surface area contributed by atoms with Gasteiger partial charge in [0.1, 0.15) is 0 Å². The van der Waals surface area contributed by atoms with Gasteiger partial charge in [-0.05, 0) is 35.7 Å². The van der Waals surface area contributed by atoms with Crippen molar-refractivity contribution in [2.75, 3.05) is 31.2 Å². The molecule has 25 heavy (non-hydrogen) atoms. The molecule has 0 aliphatic rings. The van der Waals surface area contributed by atoms with Gasteiger partial charge in [-0.2, -0.15) is 5.11 Å². The van der Waals surface area contributed by atoms with Gasteiger partial charge in [0.2, 0.25) is 0 Å². The van der Waals surface area contributed by atoms with Crippen LogP contribution in [0.2, 0.25) is 0 Å². The van der Waals surface area contributed by atoms with E-state index in [1.54, 1.807) is 0 Å². The second-order valence-electron chi connectivity index (χ2n) is 5.65. The highest BCUT2D eigenvalue weighted by Crippen LogP contribution is 2.28. The zero-order valence-corrected chi connectivity index (χ0v) is 13.9. The van der Waals surface area contributed by atoms with Crippen molar-refractivity contribution in [1.82, 2.24) is 0 Å². The van der Waals surface area contributed by atoms with Crippen molar-refractivity contribution in [3.63, 3.8) is 0 Å². The maximum atomic E-state index is 9.12. The van der Waals surface area contributed by atoms with Crippen LogP contribution in [0.3, 0.4) is 0 Å². The first kappa shape index (κ1) is 17.1. The molecule has 0 radical (unpaired) electrons. The fraction of sp³-hybridized carbons (Fsp3) is 0.200. The van der Waals surface area contributed by atoms with E-state index in [1.807, 2.05) is 59.5 Å². The van der Waals surface area contributed by atoms with Crippen LogP contribution in [-0.2, 0) is 0 Å². The lowest BCUT2D eigenvalue weighted by atomic mass is 10.1. The minimum Gasteiger partial charge on any atom is -0.395 e. The van der Waals surface area contributed by atoms with Crippen molar-refractivity contribution < 1.29 is 10.2 Å². The van der Waals surface area contributed by atoms with Crippen LogP contribution < -0.4 is 4.90 Å². The number of benzene rings is 3. The van der Waals surface area contributed by atoms with Crippen LogP contribution in [0.5, 0.6) is 0 Å². The number of aliphatic hydroxyl groups excluding tert-OH is 2. The van der Waals surface area contributed by atoms with Crippen LogP contribution in [-0.4, -0.2) is 36.5 Å². The Bertz CT molecular complexity index is 836. The largest absolute Gasteiger partial charge is 0.395 e. The van der Waals surface area contributed by atoms with Gasteiger partial charge in [0.25, 0.3) is 0 Å². The summed E-state index contributed by atoms with van der Waals surface area (Å²) in [6, 6.07) is 21.7. The minimum atomic E-state index is 0.0442. The van der Waals surface area contributed by atoms with Crippen molar-refractivity contribution in [2.24, 2.45) is 10.2 Å². The molecule has 3 aromatic carbocycles. The average Bonchev–Trinajstić information content (AvgIpc) is 2.66. The van der Waals surface area contributed by atoms with E-state index in [2.05, 4.69) is 22.4 Å². The molecule has 0 amide bonds. The molecule has 0 aliphatic heterocycles. The SMILES string of the molecule is OCCN(CCO)c1ccc(N=Nc2cccc3ccccc23)cc1. The molecule has 128 valence electrons. The summed E-state index contributed by atoms with van der Waals surface area (Å²) < 4.78 is 0.